The summed E-state index contributed by atoms with van der Waals surface area (Å²) in [5.74, 6) is 5.43. The number of hydrogen-bond acceptors (Lipinski definition) is 13. The van der Waals surface area contributed by atoms with Crippen LogP contribution < -0.4 is 0 Å². The molecule has 20 fully saturated rings. The van der Waals surface area contributed by atoms with Gasteiger partial charge in [-0.05, 0) is 495 Å². The Morgan fingerprint density at radius 2 is 0.845 bits per heavy atom. The monoisotopic (exact) mass is 1790 g/mol. The zero-order chi connectivity index (χ0) is 93.5. The molecule has 129 heavy (non-hydrogen) atoms. The minimum atomic E-state index is 0.128. The molecule has 21 aliphatic rings. The number of hydrogen-bond donors (Lipinski definition) is 0. The summed E-state index contributed by atoms with van der Waals surface area (Å²) in [7, 11) is 0. The molecular weight excluding hydrogens is 1580 g/mol. The van der Waals surface area contributed by atoms with E-state index in [0.29, 0.717) is 39.3 Å². The summed E-state index contributed by atoms with van der Waals surface area (Å²) in [6.45, 7) is 87.7. The highest BCUT2D eigenvalue weighted by molar-refractivity contribution is 5.29. The molecule has 14 nitrogen and oxygen atoms in total. The predicted octanol–water partition coefficient (Wildman–Crippen LogP) is 24.8. The van der Waals surface area contributed by atoms with Crippen molar-refractivity contribution in [2.45, 2.75) is 524 Å². The van der Waals surface area contributed by atoms with Crippen LogP contribution in [0.25, 0.3) is 0 Å². The molecule has 6 spiro atoms. The average molecular weight is 1790 g/mol. The van der Waals surface area contributed by atoms with Gasteiger partial charge in [0, 0.05) is 178 Å². The second kappa shape index (κ2) is 45.0. The van der Waals surface area contributed by atoms with Crippen LogP contribution in [0.1, 0.15) is 417 Å². The fourth-order valence-electron chi connectivity index (χ4n) is 27.4. The SMILES string of the molecule is CC(C)(C)N1CC2CCC1C2.CC(C)(C)N1CCCC2CC21.CC(C)(C)N1CCc2ccccc2C1.CC(C)(C)n1cccn1.CC(C)N1CC2(CCC2)C1.CC(C)N1CC2CC2C1.CC(C)N1CCC2(CC2)C1.CC(C)N1CCC2CC21.CC(C)N1CCCC12CC2.CC(C)N1CCCC12CCCC2.CC(C)N1CCCC12CCOC2.CC(C)N1CCCC2(CCC2)C1. The van der Waals surface area contributed by atoms with Gasteiger partial charge in [-0.25, -0.2) is 0 Å². The molecule has 1 aromatic carbocycles. The normalized spacial score (nSPS) is 31.1. The third kappa shape index (κ3) is 28.9. The zero-order valence-electron chi connectivity index (χ0n) is 90.3. The summed E-state index contributed by atoms with van der Waals surface area (Å²) >= 11 is 0. The molecule has 1 aromatic heterocycles. The Bertz CT molecular complexity index is 3500. The quantitative estimate of drug-likeness (QED) is 0.252. The number of piperidine rings is 5. The van der Waals surface area contributed by atoms with Crippen LogP contribution in [-0.4, -0.2) is 275 Å². The summed E-state index contributed by atoms with van der Waals surface area (Å²) in [4.78, 5) is 29.2. The number of aromatic nitrogens is 2. The maximum atomic E-state index is 5.52. The Morgan fingerprint density at radius 3 is 1.22 bits per heavy atom. The van der Waals surface area contributed by atoms with Crippen molar-refractivity contribution in [3.63, 3.8) is 0 Å². The van der Waals surface area contributed by atoms with Crippen LogP contribution >= 0.6 is 0 Å². The van der Waals surface area contributed by atoms with Crippen molar-refractivity contribution in [2.75, 3.05) is 111 Å². The molecule has 742 valence electrons. The molecule has 9 unspecified atom stereocenters. The molecule has 12 aliphatic heterocycles. The van der Waals surface area contributed by atoms with E-state index in [9.17, 15) is 0 Å². The molecule has 2 bridgehead atoms. The molecule has 14 heteroatoms. The Labute approximate surface area is 798 Å². The number of fused-ring (bicyclic) bond motifs is 6. The number of nitrogens with zero attached hydrogens (tertiary/aromatic N) is 13. The van der Waals surface area contributed by atoms with Gasteiger partial charge in [0.15, 0.2) is 0 Å². The van der Waals surface area contributed by atoms with E-state index < -0.39 is 0 Å². The van der Waals surface area contributed by atoms with Gasteiger partial charge in [0.2, 0.25) is 0 Å². The van der Waals surface area contributed by atoms with Crippen molar-refractivity contribution in [2.24, 2.45) is 45.8 Å². The molecule has 9 atom stereocenters. The molecule has 0 radical (unpaired) electrons. The maximum Gasteiger partial charge on any atom is 0.0651 e. The van der Waals surface area contributed by atoms with Crippen molar-refractivity contribution in [3.05, 3.63) is 53.9 Å². The smallest absolute Gasteiger partial charge is 0.0651 e. The van der Waals surface area contributed by atoms with Gasteiger partial charge in [0.25, 0.3) is 0 Å². The van der Waals surface area contributed by atoms with Crippen molar-refractivity contribution in [1.82, 2.24) is 63.7 Å². The summed E-state index contributed by atoms with van der Waals surface area (Å²) in [6, 6.07) is 19.8. The molecule has 9 aliphatic carbocycles. The third-order valence-electron chi connectivity index (χ3n) is 36.6. The van der Waals surface area contributed by atoms with Crippen molar-refractivity contribution >= 4 is 0 Å². The van der Waals surface area contributed by atoms with E-state index in [-0.39, 0.29) is 5.54 Å². The van der Waals surface area contributed by atoms with Crippen LogP contribution in [0, 0.1) is 45.8 Å². The Hall–Kier alpha value is -2.05. The Morgan fingerprint density at radius 1 is 0.349 bits per heavy atom. The molecular formula is C115H211N13O. The first-order valence-electron chi connectivity index (χ1n) is 55.7. The summed E-state index contributed by atoms with van der Waals surface area (Å²) < 4.78 is 7.46. The second-order valence-electron chi connectivity index (χ2n) is 53.0. The average Bonchev–Trinajstić information content (AvgIpc) is 1.72. The first-order chi connectivity index (χ1) is 60.8. The minimum Gasteiger partial charge on any atom is -0.379 e. The van der Waals surface area contributed by atoms with E-state index in [0.717, 1.165) is 126 Å². The van der Waals surface area contributed by atoms with Crippen molar-refractivity contribution < 1.29 is 4.74 Å². The topological polar surface area (TPSA) is 62.7 Å². The number of benzene rings is 1. The van der Waals surface area contributed by atoms with Gasteiger partial charge < -0.3 is 19.4 Å². The van der Waals surface area contributed by atoms with Crippen LogP contribution in [-0.2, 0) is 23.2 Å². The number of ether oxygens (including phenoxy) is 1. The fourth-order valence-corrected chi connectivity index (χ4v) is 27.4. The lowest BCUT2D eigenvalue weighted by atomic mass is 9.63. The first-order valence-corrected chi connectivity index (χ1v) is 55.7. The number of likely N-dealkylation sites (tertiary alicyclic amines) is 10. The van der Waals surface area contributed by atoms with E-state index in [4.69, 9.17) is 4.74 Å². The highest BCUT2D eigenvalue weighted by Crippen LogP contribution is 2.55. The van der Waals surface area contributed by atoms with Crippen LogP contribution in [0.5, 0.6) is 0 Å². The van der Waals surface area contributed by atoms with E-state index in [1.807, 2.05) is 16.9 Å². The second-order valence-corrected chi connectivity index (χ2v) is 53.0. The lowest BCUT2D eigenvalue weighted by Crippen LogP contribution is -2.61. The van der Waals surface area contributed by atoms with Gasteiger partial charge in [0.05, 0.1) is 12.1 Å². The first kappa shape index (κ1) is 106. The molecule has 0 amide bonds. The zero-order valence-corrected chi connectivity index (χ0v) is 90.3. The van der Waals surface area contributed by atoms with Crippen molar-refractivity contribution in [1.29, 1.82) is 0 Å². The van der Waals surface area contributed by atoms with Gasteiger partial charge in [-0.2, -0.15) is 5.10 Å². The fraction of sp³-hybridized carbons (Fsp3) is 0.922. The third-order valence-corrected chi connectivity index (χ3v) is 36.6. The minimum absolute atomic E-state index is 0.128. The van der Waals surface area contributed by atoms with E-state index in [1.54, 1.807) is 6.20 Å². The van der Waals surface area contributed by atoms with Gasteiger partial charge in [-0.15, -0.1) is 0 Å². The van der Waals surface area contributed by atoms with Crippen LogP contribution in [0.2, 0.25) is 0 Å². The molecule has 11 saturated heterocycles. The Kier molecular flexibility index (Phi) is 36.9. The largest absolute Gasteiger partial charge is 0.379 e. The van der Waals surface area contributed by atoms with Gasteiger partial charge in [0.1, 0.15) is 0 Å². The lowest BCUT2D eigenvalue weighted by Gasteiger charge is -2.57. The summed E-state index contributed by atoms with van der Waals surface area (Å²) in [5, 5.41) is 4.10. The summed E-state index contributed by atoms with van der Waals surface area (Å²) in [5.41, 5.74) is 8.55. The highest BCUT2D eigenvalue weighted by Gasteiger charge is 2.54. The van der Waals surface area contributed by atoms with Crippen LogP contribution in [0.15, 0.2) is 42.7 Å². The number of rotatable bonds is 8. The van der Waals surface area contributed by atoms with Gasteiger partial charge in [-0.3, -0.25) is 43.9 Å². The van der Waals surface area contributed by atoms with E-state index in [1.165, 1.54) is 328 Å². The molecule has 23 rings (SSSR count). The Balaban J connectivity index is 0.000000128. The van der Waals surface area contributed by atoms with Gasteiger partial charge in [-0.1, -0.05) is 49.9 Å². The van der Waals surface area contributed by atoms with Gasteiger partial charge >= 0.3 is 0 Å². The molecule has 0 N–H and O–H groups in total. The summed E-state index contributed by atoms with van der Waals surface area (Å²) in [6.07, 6.45) is 53.5. The molecule has 13 heterocycles. The highest BCUT2D eigenvalue weighted by atomic mass is 16.5. The van der Waals surface area contributed by atoms with E-state index in [2.05, 4.69) is 277 Å². The molecule has 9 saturated carbocycles. The maximum absolute atomic E-state index is 5.52. The van der Waals surface area contributed by atoms with E-state index >= 15 is 0 Å². The predicted molar refractivity (Wildman–Crippen MR) is 552 cm³/mol. The standard InChI is InChI=1S/C13H19N.2C11H21N.C10H19NO.2C10H19N.3C9H17N.2C8H15N.C7H12N2/c1-13(2,3)14-9-8-11-6-4-5-7-12(11)10-14;1-10(2)12-8-4-7-11(9-12)5-3-6-11;1-10(2)12-9-5-8-11(12)6-3-4-7-11;1-9(2)11-6-3-4-10(11)5-7-12-8-10;1-10(2,3)11-7-8-4-5-9(11)6-8;1-10(2,3)11-6-4-5-8-7-9(8)11;1-8(2)10-6-5-9(7-10)3-4-9;1-8(2)10-7-3-4-9(10)5-6-9;1-8(2)10-6-9(7-10)4-3-5-9;1-6(2)9-4-7-3-8(7)5-9;1-6(2)9-4-3-7-5-8(7)9;1-7(2,3)9-6-4-5-8-9/h4-7H,8-10H2,1-3H3;2*10H,3-9H2,1-2H3;9H,3-8H2,1-2H3;2*8-9H,4-7H2,1-3H3;3*8H,3-7H2,1-2H3;2*6-8H,3-5H2,1-2H3;4-6H,1-3H3. The van der Waals surface area contributed by atoms with Crippen molar-refractivity contribution in [3.8, 4) is 0 Å². The van der Waals surface area contributed by atoms with Crippen LogP contribution in [0.3, 0.4) is 0 Å². The molecule has 2 aromatic rings. The van der Waals surface area contributed by atoms with Crippen LogP contribution in [0.4, 0.5) is 0 Å². The lowest BCUT2D eigenvalue weighted by molar-refractivity contribution is -0.0758.